The van der Waals surface area contributed by atoms with Crippen molar-refractivity contribution in [1.29, 1.82) is 0 Å². The number of nitro benzene ring substituents is 1. The van der Waals surface area contributed by atoms with E-state index in [-0.39, 0.29) is 12.2 Å². The molecule has 0 bridgehead atoms. The van der Waals surface area contributed by atoms with Crippen molar-refractivity contribution < 1.29 is 22.9 Å². The summed E-state index contributed by atoms with van der Waals surface area (Å²) in [4.78, 5) is 25.5. The second kappa shape index (κ2) is 11.8. The molecule has 12 heteroatoms. The van der Waals surface area contributed by atoms with Crippen LogP contribution in [0.2, 0.25) is 0 Å². The van der Waals surface area contributed by atoms with Crippen LogP contribution in [-0.4, -0.2) is 58.0 Å². The van der Waals surface area contributed by atoms with Crippen LogP contribution in [0.15, 0.2) is 77.9 Å². The fourth-order valence-electron chi connectivity index (χ4n) is 4.00. The van der Waals surface area contributed by atoms with E-state index in [0.29, 0.717) is 48.7 Å². The number of rotatable bonds is 9. The van der Waals surface area contributed by atoms with Gasteiger partial charge in [0.2, 0.25) is 10.0 Å². The lowest BCUT2D eigenvalue weighted by Crippen LogP contribution is -2.36. The van der Waals surface area contributed by atoms with Gasteiger partial charge in [-0.2, -0.15) is 5.10 Å². The summed E-state index contributed by atoms with van der Waals surface area (Å²) in [5.41, 5.74) is 5.19. The summed E-state index contributed by atoms with van der Waals surface area (Å²) in [6, 6.07) is 19.8. The number of non-ortho nitro benzene ring substituents is 1. The van der Waals surface area contributed by atoms with E-state index in [1.54, 1.807) is 54.6 Å². The third-order valence-corrected chi connectivity index (χ3v) is 7.07. The van der Waals surface area contributed by atoms with Gasteiger partial charge in [-0.3, -0.25) is 19.2 Å². The highest BCUT2D eigenvalue weighted by Crippen LogP contribution is 2.25. The Morgan fingerprint density at radius 3 is 2.42 bits per heavy atom. The lowest BCUT2D eigenvalue weighted by atomic mass is 10.1. The third-order valence-electron chi connectivity index (χ3n) is 5.93. The monoisotopic (exact) mass is 537 g/mol. The minimum atomic E-state index is -3.52. The fourth-order valence-corrected chi connectivity index (χ4v) is 4.89. The Morgan fingerprint density at radius 2 is 1.79 bits per heavy atom. The maximum Gasteiger partial charge on any atom is 0.271 e. The van der Waals surface area contributed by atoms with Gasteiger partial charge in [0.15, 0.2) is 0 Å². The SMILES string of the molecule is CS(=O)(=O)N(Cc1ccc(C(=O)N/N=C\c2cc([N+](=O)[O-])ccc2N2CCOCC2)cc1)c1ccccc1. The zero-order valence-corrected chi connectivity index (χ0v) is 21.5. The number of hydrazone groups is 1. The molecule has 3 aromatic carbocycles. The molecule has 0 radical (unpaired) electrons. The van der Waals surface area contributed by atoms with Gasteiger partial charge in [-0.15, -0.1) is 0 Å². The third kappa shape index (κ3) is 6.72. The smallest absolute Gasteiger partial charge is 0.271 e. The average molecular weight is 538 g/mol. The van der Waals surface area contributed by atoms with Gasteiger partial charge in [0, 0.05) is 42.0 Å². The van der Waals surface area contributed by atoms with E-state index in [0.717, 1.165) is 11.9 Å². The number of anilines is 2. The average Bonchev–Trinajstić information content (AvgIpc) is 2.92. The van der Waals surface area contributed by atoms with Crippen LogP contribution in [0.25, 0.3) is 0 Å². The van der Waals surface area contributed by atoms with Crippen molar-refractivity contribution in [2.45, 2.75) is 6.54 Å². The highest BCUT2D eigenvalue weighted by atomic mass is 32.2. The minimum Gasteiger partial charge on any atom is -0.378 e. The number of sulfonamides is 1. The summed E-state index contributed by atoms with van der Waals surface area (Å²) in [6.45, 7) is 2.48. The lowest BCUT2D eigenvalue weighted by molar-refractivity contribution is -0.384. The standard InChI is InChI=1S/C26H27N5O6S/c1-38(35,36)30(23-5-3-2-4-6-23)19-20-7-9-21(10-8-20)26(32)28-27-18-22-17-24(31(33)34)11-12-25(22)29-13-15-37-16-14-29/h2-12,17-18H,13-16,19H2,1H3,(H,28,32)/b27-18-. The molecule has 1 heterocycles. The van der Waals surface area contributed by atoms with Crippen molar-refractivity contribution in [2.75, 3.05) is 41.8 Å². The Bertz CT molecular complexity index is 1420. The number of nitrogens with zero attached hydrogens (tertiary/aromatic N) is 4. The number of carbonyl (C=O) groups excluding carboxylic acids is 1. The van der Waals surface area contributed by atoms with Gasteiger partial charge in [-0.25, -0.2) is 13.8 Å². The summed E-state index contributed by atoms with van der Waals surface area (Å²) in [5.74, 6) is -0.478. The van der Waals surface area contributed by atoms with Gasteiger partial charge in [0.05, 0.1) is 42.8 Å². The van der Waals surface area contributed by atoms with Crippen molar-refractivity contribution in [3.8, 4) is 0 Å². The van der Waals surface area contributed by atoms with Gasteiger partial charge < -0.3 is 9.64 Å². The molecule has 0 unspecified atom stereocenters. The van der Waals surface area contributed by atoms with Crippen LogP contribution >= 0.6 is 0 Å². The maximum absolute atomic E-state index is 12.6. The first-order chi connectivity index (χ1) is 18.2. The van der Waals surface area contributed by atoms with Crippen LogP contribution in [0, 0.1) is 10.1 Å². The number of ether oxygens (including phenoxy) is 1. The predicted octanol–water partition coefficient (Wildman–Crippen LogP) is 3.16. The molecule has 0 aliphatic carbocycles. The lowest BCUT2D eigenvalue weighted by Gasteiger charge is -2.29. The number of nitro groups is 1. The van der Waals surface area contributed by atoms with Gasteiger partial charge in [0.1, 0.15) is 0 Å². The molecule has 11 nitrogen and oxygen atoms in total. The van der Waals surface area contributed by atoms with Crippen molar-refractivity contribution in [1.82, 2.24) is 5.43 Å². The molecule has 1 saturated heterocycles. The predicted molar refractivity (Wildman–Crippen MR) is 145 cm³/mol. The first-order valence-corrected chi connectivity index (χ1v) is 13.6. The second-order valence-electron chi connectivity index (χ2n) is 8.60. The van der Waals surface area contributed by atoms with E-state index < -0.39 is 20.9 Å². The van der Waals surface area contributed by atoms with E-state index >= 15 is 0 Å². The van der Waals surface area contributed by atoms with Crippen LogP contribution < -0.4 is 14.6 Å². The summed E-state index contributed by atoms with van der Waals surface area (Å²) in [5, 5.41) is 15.3. The Hall–Kier alpha value is -4.29. The first kappa shape index (κ1) is 26.8. The molecule has 0 spiro atoms. The van der Waals surface area contributed by atoms with E-state index in [4.69, 9.17) is 4.74 Å². The number of carbonyl (C=O) groups is 1. The molecule has 198 valence electrons. The molecule has 38 heavy (non-hydrogen) atoms. The van der Waals surface area contributed by atoms with E-state index in [9.17, 15) is 23.3 Å². The van der Waals surface area contributed by atoms with Gasteiger partial charge in [0.25, 0.3) is 11.6 Å². The summed E-state index contributed by atoms with van der Waals surface area (Å²) < 4.78 is 31.3. The normalized spacial score (nSPS) is 13.9. The summed E-state index contributed by atoms with van der Waals surface area (Å²) in [7, 11) is -3.52. The molecular weight excluding hydrogens is 510 g/mol. The number of nitrogens with one attached hydrogen (secondary N) is 1. The van der Waals surface area contributed by atoms with Crippen LogP contribution in [0.4, 0.5) is 17.1 Å². The number of hydrogen-bond donors (Lipinski definition) is 1. The molecule has 1 aliphatic heterocycles. The molecule has 0 aromatic heterocycles. The molecule has 1 fully saturated rings. The number of para-hydroxylation sites is 1. The Balaban J connectivity index is 1.45. The number of benzene rings is 3. The van der Waals surface area contributed by atoms with Gasteiger partial charge in [-0.05, 0) is 35.9 Å². The zero-order chi connectivity index (χ0) is 27.1. The van der Waals surface area contributed by atoms with Crippen LogP contribution in [0.5, 0.6) is 0 Å². The van der Waals surface area contributed by atoms with Crippen LogP contribution in [0.3, 0.4) is 0 Å². The highest BCUT2D eigenvalue weighted by Gasteiger charge is 2.19. The van der Waals surface area contributed by atoms with Crippen LogP contribution in [0.1, 0.15) is 21.5 Å². The molecule has 1 aliphatic rings. The van der Waals surface area contributed by atoms with Gasteiger partial charge in [-0.1, -0.05) is 30.3 Å². The van der Waals surface area contributed by atoms with Gasteiger partial charge >= 0.3 is 0 Å². The fraction of sp³-hybridized carbons (Fsp3) is 0.231. The molecule has 1 amide bonds. The first-order valence-electron chi connectivity index (χ1n) is 11.8. The van der Waals surface area contributed by atoms with Crippen molar-refractivity contribution in [2.24, 2.45) is 5.10 Å². The largest absolute Gasteiger partial charge is 0.378 e. The second-order valence-corrected chi connectivity index (χ2v) is 10.5. The minimum absolute atomic E-state index is 0.0796. The molecule has 1 N–H and O–H groups in total. The molecule has 3 aromatic rings. The molecule has 0 saturated carbocycles. The van der Waals surface area contributed by atoms with Crippen molar-refractivity contribution in [3.63, 3.8) is 0 Å². The topological polar surface area (TPSA) is 134 Å². The Kier molecular flexibility index (Phi) is 8.34. The molecule has 4 rings (SSSR count). The summed E-state index contributed by atoms with van der Waals surface area (Å²) >= 11 is 0. The van der Waals surface area contributed by atoms with Crippen molar-refractivity contribution in [3.05, 3.63) is 99.6 Å². The van der Waals surface area contributed by atoms with E-state index in [2.05, 4.69) is 10.5 Å². The quantitative estimate of drug-likeness (QED) is 0.252. The van der Waals surface area contributed by atoms with E-state index in [1.165, 1.54) is 22.7 Å². The Morgan fingerprint density at radius 1 is 1.11 bits per heavy atom. The van der Waals surface area contributed by atoms with Crippen molar-refractivity contribution >= 4 is 39.2 Å². The highest BCUT2D eigenvalue weighted by molar-refractivity contribution is 7.92. The maximum atomic E-state index is 12.6. The molecular formula is C26H27N5O6S. The van der Waals surface area contributed by atoms with Crippen LogP contribution in [-0.2, 0) is 21.3 Å². The summed E-state index contributed by atoms with van der Waals surface area (Å²) in [6.07, 6.45) is 2.53. The zero-order valence-electron chi connectivity index (χ0n) is 20.7. The number of hydrogen-bond acceptors (Lipinski definition) is 8. The number of morpholine rings is 1. The molecule has 0 atom stereocenters. The Labute approximate surface area is 220 Å². The van der Waals surface area contributed by atoms with E-state index in [1.807, 2.05) is 11.0 Å². The number of amides is 1.